The van der Waals surface area contributed by atoms with Crippen molar-refractivity contribution in [3.63, 3.8) is 0 Å². The van der Waals surface area contributed by atoms with Crippen molar-refractivity contribution < 1.29 is 38.0 Å². The summed E-state index contributed by atoms with van der Waals surface area (Å²) in [7, 11) is 0. The quantitative estimate of drug-likeness (QED) is 0.139. The number of esters is 1. The second-order valence-electron chi connectivity index (χ2n) is 8.19. The van der Waals surface area contributed by atoms with Gasteiger partial charge in [-0.2, -0.15) is 0 Å². The van der Waals surface area contributed by atoms with Crippen LogP contribution >= 0.6 is 0 Å². The summed E-state index contributed by atoms with van der Waals surface area (Å²) >= 11 is 0. The number of amides is 1. The van der Waals surface area contributed by atoms with Crippen molar-refractivity contribution in [2.45, 2.75) is 53.6 Å². The fraction of sp³-hybridized carbons (Fsp3) is 0.833. The predicted molar refractivity (Wildman–Crippen MR) is 126 cm³/mol. The summed E-state index contributed by atoms with van der Waals surface area (Å²) in [5.74, 6) is 0.764. The topological polar surface area (TPSA) is 105 Å². The minimum Gasteiger partial charge on any atom is -0.460 e. The van der Waals surface area contributed by atoms with Gasteiger partial charge in [-0.3, -0.25) is 0 Å². The number of nitrogens with one attached hydrogen (secondary N) is 1. The van der Waals surface area contributed by atoms with Crippen LogP contribution in [0.3, 0.4) is 0 Å². The van der Waals surface area contributed by atoms with E-state index < -0.39 is 12.1 Å². The molecule has 1 fully saturated rings. The predicted octanol–water partition coefficient (Wildman–Crippen LogP) is 3.36. The first-order valence-corrected chi connectivity index (χ1v) is 11.9. The van der Waals surface area contributed by atoms with E-state index in [0.717, 1.165) is 26.2 Å². The average molecular weight is 476 g/mol. The van der Waals surface area contributed by atoms with Crippen molar-refractivity contribution in [3.05, 3.63) is 12.2 Å². The number of rotatable bonds is 18. The first-order valence-electron chi connectivity index (χ1n) is 11.9. The van der Waals surface area contributed by atoms with Crippen LogP contribution in [0.25, 0.3) is 0 Å². The molecule has 0 spiro atoms. The van der Waals surface area contributed by atoms with Gasteiger partial charge in [0, 0.05) is 25.3 Å². The van der Waals surface area contributed by atoms with E-state index in [1.165, 1.54) is 6.42 Å². The van der Waals surface area contributed by atoms with Crippen LogP contribution < -0.4 is 5.32 Å². The van der Waals surface area contributed by atoms with Gasteiger partial charge < -0.3 is 33.7 Å². The minimum atomic E-state index is -0.505. The first kappa shape index (κ1) is 31.3. The molecule has 0 aromatic carbocycles. The molecule has 1 aliphatic rings. The Balaban J connectivity index is 0.000000843. The maximum Gasteiger partial charge on any atom is 0.407 e. The van der Waals surface area contributed by atoms with E-state index in [9.17, 15) is 9.59 Å². The van der Waals surface area contributed by atoms with Crippen molar-refractivity contribution in [1.82, 2.24) is 5.32 Å². The molecule has 0 bridgehead atoms. The number of hydrogen-bond acceptors (Lipinski definition) is 8. The number of hydrogen-bond donors (Lipinski definition) is 1. The molecule has 194 valence electrons. The van der Waals surface area contributed by atoms with E-state index in [-0.39, 0.29) is 19.8 Å². The Hall–Kier alpha value is -1.68. The summed E-state index contributed by atoms with van der Waals surface area (Å²) in [6, 6.07) is 0. The Morgan fingerprint density at radius 3 is 2.09 bits per heavy atom. The molecule has 1 heterocycles. The van der Waals surface area contributed by atoms with Crippen LogP contribution in [0.15, 0.2) is 12.2 Å². The molecule has 1 N–H and O–H groups in total. The van der Waals surface area contributed by atoms with Gasteiger partial charge >= 0.3 is 12.1 Å². The van der Waals surface area contributed by atoms with Crippen LogP contribution in [0.1, 0.15) is 47.5 Å². The molecule has 33 heavy (non-hydrogen) atoms. The van der Waals surface area contributed by atoms with E-state index in [2.05, 4.69) is 39.6 Å². The van der Waals surface area contributed by atoms with Gasteiger partial charge in [-0.15, -0.1) is 0 Å². The van der Waals surface area contributed by atoms with Crippen molar-refractivity contribution in [2.75, 3.05) is 66.0 Å². The lowest BCUT2D eigenvalue weighted by molar-refractivity contribution is -0.140. The maximum atomic E-state index is 11.3. The van der Waals surface area contributed by atoms with E-state index in [1.54, 1.807) is 6.92 Å². The Bertz CT molecular complexity index is 525. The van der Waals surface area contributed by atoms with Gasteiger partial charge in [-0.25, -0.2) is 9.59 Å². The fourth-order valence-corrected chi connectivity index (χ4v) is 1.97. The highest BCUT2D eigenvalue weighted by Crippen LogP contribution is 2.10. The summed E-state index contributed by atoms with van der Waals surface area (Å²) in [6.45, 7) is 18.6. The van der Waals surface area contributed by atoms with Crippen LogP contribution in [0.5, 0.6) is 0 Å². The third-order valence-corrected chi connectivity index (χ3v) is 4.69. The van der Waals surface area contributed by atoms with Gasteiger partial charge in [-0.05, 0) is 18.8 Å². The maximum absolute atomic E-state index is 11.3. The van der Waals surface area contributed by atoms with Crippen LogP contribution in [-0.2, 0) is 33.2 Å². The van der Waals surface area contributed by atoms with E-state index in [0.29, 0.717) is 49.9 Å². The molecule has 1 rings (SSSR count). The zero-order chi connectivity index (χ0) is 24.9. The van der Waals surface area contributed by atoms with Gasteiger partial charge in [-0.1, -0.05) is 47.1 Å². The van der Waals surface area contributed by atoms with Crippen LogP contribution in [0.4, 0.5) is 4.79 Å². The second kappa shape index (κ2) is 20.9. The van der Waals surface area contributed by atoms with E-state index in [1.807, 2.05) is 0 Å². The van der Waals surface area contributed by atoms with Crippen molar-refractivity contribution >= 4 is 12.1 Å². The highest BCUT2D eigenvalue weighted by atomic mass is 16.6. The van der Waals surface area contributed by atoms with E-state index in [4.69, 9.17) is 28.4 Å². The van der Waals surface area contributed by atoms with Gasteiger partial charge in [0.15, 0.2) is 0 Å². The Morgan fingerprint density at radius 2 is 1.52 bits per heavy atom. The van der Waals surface area contributed by atoms with Crippen LogP contribution in [0.2, 0.25) is 0 Å². The van der Waals surface area contributed by atoms with Gasteiger partial charge in [0.2, 0.25) is 0 Å². The molecule has 3 atom stereocenters. The molecule has 9 heteroatoms. The average Bonchev–Trinajstić information content (AvgIpc) is 3.62. The fourth-order valence-electron chi connectivity index (χ4n) is 1.97. The second-order valence-corrected chi connectivity index (χ2v) is 8.19. The first-order chi connectivity index (χ1) is 15.8. The molecule has 1 aliphatic heterocycles. The Morgan fingerprint density at radius 1 is 0.939 bits per heavy atom. The van der Waals surface area contributed by atoms with Crippen molar-refractivity contribution in [2.24, 2.45) is 11.8 Å². The number of carbonyl (C=O) groups is 2. The zero-order valence-electron chi connectivity index (χ0n) is 21.2. The Kier molecular flexibility index (Phi) is 19.8. The molecule has 9 nitrogen and oxygen atoms in total. The third kappa shape index (κ3) is 21.9. The molecular formula is C24H45NO8. The molecule has 0 aromatic heterocycles. The molecule has 0 saturated carbocycles. The smallest absolute Gasteiger partial charge is 0.407 e. The van der Waals surface area contributed by atoms with Gasteiger partial charge in [0.25, 0.3) is 0 Å². The van der Waals surface area contributed by atoms with Gasteiger partial charge in [0.1, 0.15) is 19.3 Å². The molecule has 1 saturated heterocycles. The molecule has 1 amide bonds. The highest BCUT2D eigenvalue weighted by molar-refractivity contribution is 5.86. The normalized spacial score (nSPS) is 16.1. The molecule has 0 aromatic rings. The number of ether oxygens (including phenoxy) is 6. The third-order valence-electron chi connectivity index (χ3n) is 4.69. The summed E-state index contributed by atoms with van der Waals surface area (Å²) in [5.41, 5.74) is 0.350. The lowest BCUT2D eigenvalue weighted by atomic mass is 10.1. The number of alkyl carbamates (subject to hydrolysis) is 1. The highest BCUT2D eigenvalue weighted by Gasteiger charge is 2.22. The zero-order valence-corrected chi connectivity index (χ0v) is 21.2. The lowest BCUT2D eigenvalue weighted by Crippen LogP contribution is -2.29. The standard InChI is InChI=1S/C16H29NO6.C8H16O2/c1-5-14(4)12-21-9-11-23-16(19)17-6-7-20-8-10-22-15(18)13(2)3;1-3-7(2)4-9-5-8-6-10-8/h14H,2,5-12H2,1,3-4H3,(H,17,19);7-8H,3-6H2,1-2H3. The number of carbonyl (C=O) groups excluding carboxylic acids is 2. The van der Waals surface area contributed by atoms with Crippen LogP contribution in [-0.4, -0.2) is 84.2 Å². The summed E-state index contributed by atoms with van der Waals surface area (Å²) in [6.07, 6.45) is 2.18. The van der Waals surface area contributed by atoms with Crippen molar-refractivity contribution in [1.29, 1.82) is 0 Å². The van der Waals surface area contributed by atoms with Gasteiger partial charge in [0.05, 0.1) is 33.0 Å². The Labute approximate surface area is 199 Å². The van der Waals surface area contributed by atoms with E-state index >= 15 is 0 Å². The molecule has 3 unspecified atom stereocenters. The molecule has 0 radical (unpaired) electrons. The SMILES string of the molecule is C=C(C)C(=O)OCCOCCNC(=O)OCCOCC(C)CC.CCC(C)COCC1CO1. The number of epoxide rings is 1. The summed E-state index contributed by atoms with van der Waals surface area (Å²) in [4.78, 5) is 22.4. The summed E-state index contributed by atoms with van der Waals surface area (Å²) < 4.78 is 30.7. The monoisotopic (exact) mass is 475 g/mol. The summed E-state index contributed by atoms with van der Waals surface area (Å²) in [5, 5.41) is 2.55. The minimum absolute atomic E-state index is 0.156. The molecule has 0 aliphatic carbocycles. The van der Waals surface area contributed by atoms with Crippen LogP contribution in [0, 0.1) is 11.8 Å². The molecular weight excluding hydrogens is 430 g/mol. The lowest BCUT2D eigenvalue weighted by Gasteiger charge is -2.10. The largest absolute Gasteiger partial charge is 0.460 e. The van der Waals surface area contributed by atoms with Crippen molar-refractivity contribution in [3.8, 4) is 0 Å².